The second-order valence-electron chi connectivity index (χ2n) is 7.33. The first-order chi connectivity index (χ1) is 15.0. The number of ether oxygens (including phenoxy) is 2. The molecule has 2 aromatic carbocycles. The van der Waals surface area contributed by atoms with Crippen LogP contribution >= 0.6 is 11.3 Å². The van der Waals surface area contributed by atoms with Gasteiger partial charge in [0.1, 0.15) is 11.5 Å². The molecule has 160 valence electrons. The number of hydrogen-bond donors (Lipinski definition) is 2. The summed E-state index contributed by atoms with van der Waals surface area (Å²) < 4.78 is 11.2. The normalized spacial score (nSPS) is 14.8. The molecule has 2 N–H and O–H groups in total. The second kappa shape index (κ2) is 9.18. The van der Waals surface area contributed by atoms with Crippen molar-refractivity contribution in [3.05, 3.63) is 59.0 Å². The summed E-state index contributed by atoms with van der Waals surface area (Å²) in [7, 11) is 0. The Bertz CT molecular complexity index is 1110. The molecule has 0 saturated heterocycles. The van der Waals surface area contributed by atoms with Crippen LogP contribution in [0.3, 0.4) is 0 Å². The van der Waals surface area contributed by atoms with E-state index < -0.39 is 0 Å². The number of carbonyl (C=O) groups is 2. The molecule has 2 amide bonds. The summed E-state index contributed by atoms with van der Waals surface area (Å²) in [5.74, 6) is 1.08. The van der Waals surface area contributed by atoms with Crippen molar-refractivity contribution < 1.29 is 19.1 Å². The molecule has 0 fully saturated rings. The van der Waals surface area contributed by atoms with Crippen molar-refractivity contribution in [3.63, 3.8) is 0 Å². The van der Waals surface area contributed by atoms with E-state index in [1.54, 1.807) is 0 Å². The molecule has 1 unspecified atom stereocenters. The molecule has 1 aliphatic rings. The van der Waals surface area contributed by atoms with Gasteiger partial charge in [-0.3, -0.25) is 14.9 Å². The van der Waals surface area contributed by atoms with Crippen LogP contribution in [0.5, 0.6) is 11.5 Å². The topological polar surface area (TPSA) is 89.6 Å². The van der Waals surface area contributed by atoms with E-state index in [1.807, 2.05) is 54.8 Å². The molecule has 1 atom stereocenters. The van der Waals surface area contributed by atoms with E-state index in [9.17, 15) is 9.59 Å². The second-order valence-corrected chi connectivity index (χ2v) is 8.19. The van der Waals surface area contributed by atoms with Gasteiger partial charge >= 0.3 is 0 Å². The van der Waals surface area contributed by atoms with Gasteiger partial charge in [0.2, 0.25) is 5.91 Å². The Balaban J connectivity index is 1.42. The molecule has 0 bridgehead atoms. The molecule has 1 aliphatic heterocycles. The molecule has 4 rings (SSSR count). The summed E-state index contributed by atoms with van der Waals surface area (Å²) in [6, 6.07) is 13.3. The van der Waals surface area contributed by atoms with Gasteiger partial charge in [-0.2, -0.15) is 0 Å². The lowest BCUT2D eigenvalue weighted by molar-refractivity contribution is -0.120. The number of rotatable bonds is 6. The van der Waals surface area contributed by atoms with Crippen LogP contribution in [0.4, 0.5) is 5.13 Å². The summed E-state index contributed by atoms with van der Waals surface area (Å²) >= 11 is 1.35. The van der Waals surface area contributed by atoms with Crippen molar-refractivity contribution in [1.29, 1.82) is 0 Å². The van der Waals surface area contributed by atoms with Crippen molar-refractivity contribution in [3.8, 4) is 22.8 Å². The fourth-order valence-corrected chi connectivity index (χ4v) is 4.16. The van der Waals surface area contributed by atoms with Crippen molar-refractivity contribution in [2.24, 2.45) is 0 Å². The number of anilines is 1. The molecule has 3 aromatic rings. The third-order valence-electron chi connectivity index (χ3n) is 4.83. The first-order valence-electron chi connectivity index (χ1n) is 9.97. The molecular formula is C23H23N3O4S. The van der Waals surface area contributed by atoms with Crippen molar-refractivity contribution in [2.45, 2.75) is 26.3 Å². The maximum absolute atomic E-state index is 12.2. The molecule has 31 heavy (non-hydrogen) atoms. The number of benzene rings is 2. The van der Waals surface area contributed by atoms with Crippen LogP contribution < -0.4 is 20.1 Å². The van der Waals surface area contributed by atoms with Gasteiger partial charge in [0.25, 0.3) is 5.91 Å². The van der Waals surface area contributed by atoms with Crippen molar-refractivity contribution in [2.75, 3.05) is 18.5 Å². The van der Waals surface area contributed by atoms with Gasteiger partial charge in [0, 0.05) is 29.9 Å². The lowest BCUT2D eigenvalue weighted by Gasteiger charge is -2.26. The number of hydrogen-bond acceptors (Lipinski definition) is 6. The molecule has 2 heterocycles. The number of nitrogens with one attached hydrogen (secondary N) is 2. The Morgan fingerprint density at radius 1 is 1.26 bits per heavy atom. The lowest BCUT2D eigenvalue weighted by atomic mass is 9.97. The zero-order valence-electron chi connectivity index (χ0n) is 17.3. The van der Waals surface area contributed by atoms with Gasteiger partial charge in [0.05, 0.1) is 18.3 Å². The number of aromatic nitrogens is 1. The average molecular weight is 438 g/mol. The maximum atomic E-state index is 12.2. The van der Waals surface area contributed by atoms with Gasteiger partial charge in [-0.05, 0) is 42.8 Å². The van der Waals surface area contributed by atoms with Crippen LogP contribution in [0.15, 0.2) is 47.8 Å². The van der Waals surface area contributed by atoms with E-state index in [2.05, 4.69) is 15.6 Å². The molecule has 0 spiro atoms. The van der Waals surface area contributed by atoms with E-state index >= 15 is 0 Å². The first-order valence-corrected chi connectivity index (χ1v) is 10.8. The van der Waals surface area contributed by atoms with Gasteiger partial charge in [-0.15, -0.1) is 11.3 Å². The zero-order valence-corrected chi connectivity index (χ0v) is 18.1. The van der Waals surface area contributed by atoms with E-state index in [0.717, 1.165) is 34.6 Å². The van der Waals surface area contributed by atoms with E-state index in [4.69, 9.17) is 9.47 Å². The van der Waals surface area contributed by atoms with Gasteiger partial charge < -0.3 is 14.8 Å². The quantitative estimate of drug-likeness (QED) is 0.606. The zero-order chi connectivity index (χ0) is 21.8. The number of amides is 2. The fraction of sp³-hybridized carbons (Fsp3) is 0.261. The van der Waals surface area contributed by atoms with Gasteiger partial charge in [-0.1, -0.05) is 12.1 Å². The first kappa shape index (κ1) is 20.9. The molecule has 8 heteroatoms. The largest absolute Gasteiger partial charge is 0.493 e. The highest BCUT2D eigenvalue weighted by Crippen LogP contribution is 2.36. The minimum Gasteiger partial charge on any atom is -0.493 e. The van der Waals surface area contributed by atoms with Gasteiger partial charge in [0.15, 0.2) is 11.7 Å². The Hall–Kier alpha value is -3.39. The molecule has 1 aromatic heterocycles. The Labute approximate surface area is 184 Å². The monoisotopic (exact) mass is 437 g/mol. The smallest absolute Gasteiger partial charge is 0.264 e. The van der Waals surface area contributed by atoms with Crippen molar-refractivity contribution >= 4 is 28.3 Å². The third-order valence-corrected chi connectivity index (χ3v) is 5.59. The van der Waals surface area contributed by atoms with Crippen LogP contribution in [0.2, 0.25) is 0 Å². The number of aryl methyl sites for hydroxylation is 1. The van der Waals surface area contributed by atoms with Gasteiger partial charge in [-0.25, -0.2) is 4.98 Å². The Kier molecular flexibility index (Phi) is 6.18. The standard InChI is InChI=1S/C23H23N3O4S/c1-14-4-3-5-17(10-14)30-12-22(28)26-23-25-20(13-31-23)16-6-7-21-18(11-16)19(8-9-29-21)24-15(2)27/h3-7,10-11,13,19H,8-9,12H2,1-2H3,(H,24,27)(H,25,26,28). The lowest BCUT2D eigenvalue weighted by Crippen LogP contribution is -2.30. The summed E-state index contributed by atoms with van der Waals surface area (Å²) in [4.78, 5) is 28.3. The predicted molar refractivity (Wildman–Crippen MR) is 120 cm³/mol. The van der Waals surface area contributed by atoms with Crippen molar-refractivity contribution in [1.82, 2.24) is 10.3 Å². The Morgan fingerprint density at radius 3 is 2.94 bits per heavy atom. The number of nitrogens with zero attached hydrogens (tertiary/aromatic N) is 1. The van der Waals surface area contributed by atoms with Crippen LogP contribution in [-0.4, -0.2) is 30.0 Å². The maximum Gasteiger partial charge on any atom is 0.264 e. The minimum atomic E-state index is -0.271. The number of fused-ring (bicyclic) bond motifs is 1. The predicted octanol–water partition coefficient (Wildman–Crippen LogP) is 4.10. The summed E-state index contributed by atoms with van der Waals surface area (Å²) in [6.07, 6.45) is 0.718. The number of thiazole rings is 1. The van der Waals surface area contributed by atoms with Crippen LogP contribution in [-0.2, 0) is 9.59 Å². The molecule has 0 aliphatic carbocycles. The SMILES string of the molecule is CC(=O)NC1CCOc2ccc(-c3csc(NC(=O)COc4cccc(C)c4)n3)cc21. The Morgan fingerprint density at radius 2 is 2.13 bits per heavy atom. The van der Waals surface area contributed by atoms with Crippen LogP contribution in [0.25, 0.3) is 11.3 Å². The molecule has 0 saturated carbocycles. The summed E-state index contributed by atoms with van der Waals surface area (Å²) in [6.45, 7) is 3.95. The third kappa shape index (κ3) is 5.21. The van der Waals surface area contributed by atoms with Crippen LogP contribution in [0.1, 0.15) is 30.5 Å². The minimum absolute atomic E-state index is 0.0743. The average Bonchev–Trinajstić information content (AvgIpc) is 3.20. The highest BCUT2D eigenvalue weighted by Gasteiger charge is 2.23. The van der Waals surface area contributed by atoms with E-state index in [-0.39, 0.29) is 24.5 Å². The summed E-state index contributed by atoms with van der Waals surface area (Å²) in [5.41, 5.74) is 3.64. The molecule has 0 radical (unpaired) electrons. The van der Waals surface area contributed by atoms with E-state index in [1.165, 1.54) is 18.3 Å². The molecule has 7 nitrogen and oxygen atoms in total. The summed E-state index contributed by atoms with van der Waals surface area (Å²) in [5, 5.41) is 8.13. The van der Waals surface area contributed by atoms with Crippen LogP contribution in [0, 0.1) is 6.92 Å². The highest BCUT2D eigenvalue weighted by molar-refractivity contribution is 7.14. The number of carbonyl (C=O) groups excluding carboxylic acids is 2. The fourth-order valence-electron chi connectivity index (χ4n) is 3.42. The molecular weight excluding hydrogens is 414 g/mol. The van der Waals surface area contributed by atoms with E-state index in [0.29, 0.717) is 17.5 Å². The highest BCUT2D eigenvalue weighted by atomic mass is 32.1.